The molecule has 0 unspecified atom stereocenters. The lowest BCUT2D eigenvalue weighted by Crippen LogP contribution is -2.28. The third-order valence-electron chi connectivity index (χ3n) is 3.28. The van der Waals surface area contributed by atoms with E-state index in [2.05, 4.69) is 43.4 Å². The summed E-state index contributed by atoms with van der Waals surface area (Å²) >= 11 is 5.91. The fourth-order valence-corrected chi connectivity index (χ4v) is 2.28. The minimum atomic E-state index is -0.0973. The molecule has 2 nitrogen and oxygen atoms in total. The molecule has 0 bridgehead atoms. The second kappa shape index (κ2) is 6.58. The number of hydrogen-bond acceptors (Lipinski definition) is 1. The predicted molar refractivity (Wildman–Crippen MR) is 83.1 cm³/mol. The molecule has 2 rings (SSSR count). The summed E-state index contributed by atoms with van der Waals surface area (Å²) in [6.45, 7) is 4.11. The Balaban J connectivity index is 2.14. The van der Waals surface area contributed by atoms with Gasteiger partial charge >= 0.3 is 0 Å². The molecule has 0 aliphatic heterocycles. The molecule has 0 saturated heterocycles. The van der Waals surface area contributed by atoms with E-state index >= 15 is 0 Å². The smallest absolute Gasteiger partial charge is 0.251 e. The summed E-state index contributed by atoms with van der Waals surface area (Å²) in [7, 11) is 0. The maximum atomic E-state index is 12.2. The van der Waals surface area contributed by atoms with E-state index in [0.717, 1.165) is 12.0 Å². The molecule has 0 fully saturated rings. The van der Waals surface area contributed by atoms with Gasteiger partial charge < -0.3 is 5.32 Å². The van der Waals surface area contributed by atoms with Crippen LogP contribution < -0.4 is 5.32 Å². The van der Waals surface area contributed by atoms with Crippen molar-refractivity contribution in [1.29, 1.82) is 0 Å². The fraction of sp³-hybridized carbons (Fsp3) is 0.235. The van der Waals surface area contributed by atoms with Gasteiger partial charge in [0.05, 0.1) is 6.04 Å². The summed E-state index contributed by atoms with van der Waals surface area (Å²) in [5, 5.41) is 3.62. The van der Waals surface area contributed by atoms with Crippen LogP contribution in [0.5, 0.6) is 0 Å². The highest BCUT2D eigenvalue weighted by molar-refractivity contribution is 6.30. The van der Waals surface area contributed by atoms with Gasteiger partial charge in [-0.2, -0.15) is 0 Å². The SMILES string of the molecule is CC[C@@H](NC(=O)c1cccc(Cl)c1)c1ccc(C)cc1. The van der Waals surface area contributed by atoms with Crippen LogP contribution in [0.15, 0.2) is 48.5 Å². The highest BCUT2D eigenvalue weighted by Gasteiger charge is 2.14. The topological polar surface area (TPSA) is 29.1 Å². The minimum absolute atomic E-state index is 0.0158. The Morgan fingerprint density at radius 3 is 2.50 bits per heavy atom. The molecule has 2 aromatic rings. The molecule has 0 aliphatic carbocycles. The molecule has 3 heteroatoms. The van der Waals surface area contributed by atoms with E-state index < -0.39 is 0 Å². The Kier molecular flexibility index (Phi) is 4.80. The van der Waals surface area contributed by atoms with E-state index in [9.17, 15) is 4.79 Å². The van der Waals surface area contributed by atoms with Crippen LogP contribution in [0, 0.1) is 6.92 Å². The zero-order chi connectivity index (χ0) is 14.5. The van der Waals surface area contributed by atoms with Crippen molar-refractivity contribution in [3.63, 3.8) is 0 Å². The number of amides is 1. The maximum absolute atomic E-state index is 12.2. The molecule has 0 saturated carbocycles. The van der Waals surface area contributed by atoms with Crippen LogP contribution >= 0.6 is 11.6 Å². The van der Waals surface area contributed by atoms with E-state index in [4.69, 9.17) is 11.6 Å². The van der Waals surface area contributed by atoms with Crippen molar-refractivity contribution >= 4 is 17.5 Å². The highest BCUT2D eigenvalue weighted by Crippen LogP contribution is 2.18. The molecule has 1 amide bonds. The summed E-state index contributed by atoms with van der Waals surface area (Å²) in [6.07, 6.45) is 0.843. The molecule has 0 radical (unpaired) electrons. The molecule has 0 aliphatic rings. The van der Waals surface area contributed by atoms with Gasteiger partial charge in [0.25, 0.3) is 5.91 Å². The lowest BCUT2D eigenvalue weighted by Gasteiger charge is -2.18. The lowest BCUT2D eigenvalue weighted by molar-refractivity contribution is 0.0935. The molecule has 0 aromatic heterocycles. The summed E-state index contributed by atoms with van der Waals surface area (Å²) < 4.78 is 0. The summed E-state index contributed by atoms with van der Waals surface area (Å²) in [4.78, 5) is 12.2. The average Bonchev–Trinajstić information content (AvgIpc) is 2.45. The maximum Gasteiger partial charge on any atom is 0.251 e. The zero-order valence-corrected chi connectivity index (χ0v) is 12.4. The van der Waals surface area contributed by atoms with Crippen molar-refractivity contribution in [2.24, 2.45) is 0 Å². The number of halogens is 1. The number of rotatable bonds is 4. The Hall–Kier alpha value is -1.80. The van der Waals surface area contributed by atoms with Crippen molar-refractivity contribution in [1.82, 2.24) is 5.32 Å². The molecule has 1 atom stereocenters. The van der Waals surface area contributed by atoms with Gasteiger partial charge in [-0.05, 0) is 37.1 Å². The minimum Gasteiger partial charge on any atom is -0.345 e. The van der Waals surface area contributed by atoms with Crippen LogP contribution in [0.2, 0.25) is 5.02 Å². The number of benzene rings is 2. The van der Waals surface area contributed by atoms with E-state index in [-0.39, 0.29) is 11.9 Å². The number of carbonyl (C=O) groups is 1. The van der Waals surface area contributed by atoms with Gasteiger partial charge in [-0.1, -0.05) is 54.4 Å². The Morgan fingerprint density at radius 2 is 1.90 bits per heavy atom. The van der Waals surface area contributed by atoms with Crippen molar-refractivity contribution in [2.45, 2.75) is 26.3 Å². The van der Waals surface area contributed by atoms with E-state index in [0.29, 0.717) is 10.6 Å². The fourth-order valence-electron chi connectivity index (χ4n) is 2.09. The lowest BCUT2D eigenvalue weighted by atomic mass is 10.0. The average molecular weight is 288 g/mol. The van der Waals surface area contributed by atoms with Crippen LogP contribution in [0.4, 0.5) is 0 Å². The van der Waals surface area contributed by atoms with Crippen LogP contribution in [0.25, 0.3) is 0 Å². The van der Waals surface area contributed by atoms with Crippen LogP contribution in [-0.4, -0.2) is 5.91 Å². The molecular weight excluding hydrogens is 270 g/mol. The second-order valence-electron chi connectivity index (χ2n) is 4.86. The van der Waals surface area contributed by atoms with Gasteiger partial charge in [-0.15, -0.1) is 0 Å². The van der Waals surface area contributed by atoms with Crippen molar-refractivity contribution in [2.75, 3.05) is 0 Å². The monoisotopic (exact) mass is 287 g/mol. The first-order valence-corrected chi connectivity index (χ1v) is 7.11. The largest absolute Gasteiger partial charge is 0.345 e. The third kappa shape index (κ3) is 3.61. The van der Waals surface area contributed by atoms with Crippen molar-refractivity contribution in [3.8, 4) is 0 Å². The highest BCUT2D eigenvalue weighted by atomic mass is 35.5. The molecule has 1 N–H and O–H groups in total. The molecule has 0 spiro atoms. The molecule has 2 aromatic carbocycles. The first kappa shape index (κ1) is 14.6. The number of hydrogen-bond donors (Lipinski definition) is 1. The Bertz CT molecular complexity index is 592. The summed E-state index contributed by atoms with van der Waals surface area (Å²) in [5.41, 5.74) is 2.92. The first-order chi connectivity index (χ1) is 9.60. The molecule has 20 heavy (non-hydrogen) atoms. The quantitative estimate of drug-likeness (QED) is 0.879. The van der Waals surface area contributed by atoms with Crippen LogP contribution in [0.3, 0.4) is 0 Å². The van der Waals surface area contributed by atoms with Crippen molar-refractivity contribution < 1.29 is 4.79 Å². The van der Waals surface area contributed by atoms with Crippen LogP contribution in [-0.2, 0) is 0 Å². The van der Waals surface area contributed by atoms with Gasteiger partial charge in [-0.3, -0.25) is 4.79 Å². The van der Waals surface area contributed by atoms with E-state index in [1.165, 1.54) is 5.56 Å². The normalized spacial score (nSPS) is 11.9. The summed E-state index contributed by atoms with van der Waals surface area (Å²) in [6, 6.07) is 15.2. The second-order valence-corrected chi connectivity index (χ2v) is 5.29. The Morgan fingerprint density at radius 1 is 1.20 bits per heavy atom. The molecular formula is C17H18ClNO. The van der Waals surface area contributed by atoms with Gasteiger partial charge in [-0.25, -0.2) is 0 Å². The van der Waals surface area contributed by atoms with E-state index in [1.807, 2.05) is 0 Å². The number of carbonyl (C=O) groups excluding carboxylic acids is 1. The first-order valence-electron chi connectivity index (χ1n) is 6.73. The Labute approximate surface area is 124 Å². The zero-order valence-electron chi connectivity index (χ0n) is 11.7. The van der Waals surface area contributed by atoms with Gasteiger partial charge in [0.2, 0.25) is 0 Å². The van der Waals surface area contributed by atoms with Gasteiger partial charge in [0.1, 0.15) is 0 Å². The number of aryl methyl sites for hydroxylation is 1. The van der Waals surface area contributed by atoms with Gasteiger partial charge in [0, 0.05) is 10.6 Å². The van der Waals surface area contributed by atoms with E-state index in [1.54, 1.807) is 24.3 Å². The third-order valence-corrected chi connectivity index (χ3v) is 3.52. The molecule has 0 heterocycles. The van der Waals surface area contributed by atoms with Gasteiger partial charge in [0.15, 0.2) is 0 Å². The van der Waals surface area contributed by atoms with Crippen LogP contribution in [0.1, 0.15) is 40.9 Å². The predicted octanol–water partition coefficient (Wildman–Crippen LogP) is 4.53. The molecule has 104 valence electrons. The number of nitrogens with one attached hydrogen (secondary N) is 1. The standard InChI is InChI=1S/C17H18ClNO/c1-3-16(13-9-7-12(2)8-10-13)19-17(20)14-5-4-6-15(18)11-14/h4-11,16H,3H2,1-2H3,(H,19,20)/t16-/m1/s1. The summed E-state index contributed by atoms with van der Waals surface area (Å²) in [5.74, 6) is -0.0973. The van der Waals surface area contributed by atoms with Crippen molar-refractivity contribution in [3.05, 3.63) is 70.2 Å².